The minimum Gasteiger partial charge on any atom is -0.410 e. The number of benzene rings is 1. The highest BCUT2D eigenvalue weighted by Gasteiger charge is 2.38. The van der Waals surface area contributed by atoms with Crippen molar-refractivity contribution in [2.75, 3.05) is 0 Å². The summed E-state index contributed by atoms with van der Waals surface area (Å²) in [5.41, 5.74) is 2.15. The van der Waals surface area contributed by atoms with Gasteiger partial charge in [-0.1, -0.05) is 12.7 Å². The molecular formula is C15H19NO3Si. The number of nitro groups is 1. The second kappa shape index (κ2) is 5.34. The van der Waals surface area contributed by atoms with E-state index in [1.165, 1.54) is 17.3 Å². The fourth-order valence-corrected chi connectivity index (χ4v) is 5.67. The molecule has 0 saturated carbocycles. The van der Waals surface area contributed by atoms with Crippen molar-refractivity contribution in [2.24, 2.45) is 0 Å². The van der Waals surface area contributed by atoms with E-state index in [2.05, 4.69) is 26.6 Å². The zero-order valence-corrected chi connectivity index (χ0v) is 13.1. The van der Waals surface area contributed by atoms with Gasteiger partial charge in [0.1, 0.15) is 0 Å². The molecule has 1 heterocycles. The highest BCUT2D eigenvalue weighted by Crippen LogP contribution is 2.37. The second-order valence-electron chi connectivity index (χ2n) is 5.54. The summed E-state index contributed by atoms with van der Waals surface area (Å²) in [6.45, 7) is 10.3. The lowest BCUT2D eigenvalue weighted by Crippen LogP contribution is -2.28. The Morgan fingerprint density at radius 3 is 2.45 bits per heavy atom. The van der Waals surface area contributed by atoms with E-state index in [4.69, 9.17) is 4.43 Å². The molecule has 1 atom stereocenters. The van der Waals surface area contributed by atoms with E-state index in [1.807, 2.05) is 6.08 Å². The third-order valence-electron chi connectivity index (χ3n) is 3.63. The van der Waals surface area contributed by atoms with E-state index in [0.717, 1.165) is 17.6 Å². The van der Waals surface area contributed by atoms with Gasteiger partial charge in [0.2, 0.25) is 8.32 Å². The normalized spacial score (nSPS) is 23.4. The van der Waals surface area contributed by atoms with Crippen molar-refractivity contribution in [3.63, 3.8) is 0 Å². The Morgan fingerprint density at radius 2 is 2.05 bits per heavy atom. The number of nitrogens with zero attached hydrogens (tertiary/aromatic N) is 1. The summed E-state index contributed by atoms with van der Waals surface area (Å²) in [7, 11) is -1.86. The molecule has 1 aromatic rings. The van der Waals surface area contributed by atoms with E-state index in [0.29, 0.717) is 0 Å². The molecule has 0 radical (unpaired) electrons. The predicted molar refractivity (Wildman–Crippen MR) is 82.9 cm³/mol. The molecule has 1 aromatic carbocycles. The van der Waals surface area contributed by atoms with Gasteiger partial charge in [-0.15, -0.1) is 0 Å². The molecule has 1 aliphatic rings. The fourth-order valence-electron chi connectivity index (χ4n) is 2.76. The molecule has 4 nitrogen and oxygen atoms in total. The summed E-state index contributed by atoms with van der Waals surface area (Å²) in [6, 6.07) is 6.64. The van der Waals surface area contributed by atoms with E-state index >= 15 is 0 Å². The van der Waals surface area contributed by atoms with Gasteiger partial charge in [0.05, 0.1) is 4.92 Å². The summed E-state index contributed by atoms with van der Waals surface area (Å²) in [6.07, 6.45) is 2.99. The first kappa shape index (κ1) is 14.7. The Kier molecular flexibility index (Phi) is 3.92. The largest absolute Gasteiger partial charge is 0.410 e. The standard InChI is InChI=1S/C15H19NO3Si/c1-5-14(15-10-11(2)19-20(15,3)4)12-6-8-13(9-7-12)16(17)18/h5-9,11H,1,10H2,2-4H3/b15-14-/t11-/m0/s1. The van der Waals surface area contributed by atoms with Crippen LogP contribution in [0.3, 0.4) is 0 Å². The molecule has 0 bridgehead atoms. The quantitative estimate of drug-likeness (QED) is 0.478. The van der Waals surface area contributed by atoms with Crippen molar-refractivity contribution < 1.29 is 9.35 Å². The highest BCUT2D eigenvalue weighted by atomic mass is 28.4. The van der Waals surface area contributed by atoms with E-state index in [1.54, 1.807) is 12.1 Å². The number of non-ortho nitro benzene ring substituents is 1. The van der Waals surface area contributed by atoms with Crippen molar-refractivity contribution >= 4 is 19.6 Å². The third kappa shape index (κ3) is 2.73. The van der Waals surface area contributed by atoms with Crippen molar-refractivity contribution in [3.05, 3.63) is 57.8 Å². The molecule has 1 saturated heterocycles. The number of hydrogen-bond donors (Lipinski definition) is 0. The van der Waals surface area contributed by atoms with Crippen molar-refractivity contribution in [1.82, 2.24) is 0 Å². The van der Waals surface area contributed by atoms with Gasteiger partial charge in [0, 0.05) is 18.2 Å². The first-order valence-electron chi connectivity index (χ1n) is 6.64. The van der Waals surface area contributed by atoms with Gasteiger partial charge in [-0.25, -0.2) is 0 Å². The Bertz CT molecular complexity index is 575. The zero-order chi connectivity index (χ0) is 14.9. The summed E-state index contributed by atoms with van der Waals surface area (Å²) in [5, 5.41) is 12.0. The first-order chi connectivity index (χ1) is 9.35. The van der Waals surface area contributed by atoms with Gasteiger partial charge < -0.3 is 4.43 Å². The molecule has 20 heavy (non-hydrogen) atoms. The maximum Gasteiger partial charge on any atom is 0.269 e. The molecule has 0 spiro atoms. The molecule has 0 aromatic heterocycles. The Labute approximate surface area is 120 Å². The third-order valence-corrected chi connectivity index (χ3v) is 6.55. The Balaban J connectivity index is 2.47. The predicted octanol–water partition coefficient (Wildman–Crippen LogP) is 4.09. The Hall–Kier alpha value is -1.72. The SMILES string of the molecule is C=C/C(=C1\C[C@H](C)O[Si]1(C)C)c1ccc([N+](=O)[O-])cc1. The lowest BCUT2D eigenvalue weighted by atomic mass is 10.0. The molecule has 1 fully saturated rings. The summed E-state index contributed by atoms with van der Waals surface area (Å²) in [5.74, 6) is 0. The van der Waals surface area contributed by atoms with Crippen LogP contribution in [0.25, 0.3) is 5.57 Å². The number of nitro benzene ring substituents is 1. The molecular weight excluding hydrogens is 270 g/mol. The van der Waals surface area contributed by atoms with Crippen molar-refractivity contribution in [3.8, 4) is 0 Å². The van der Waals surface area contributed by atoms with Crippen LogP contribution in [0.4, 0.5) is 5.69 Å². The zero-order valence-electron chi connectivity index (χ0n) is 12.1. The van der Waals surface area contributed by atoms with Gasteiger partial charge in [-0.3, -0.25) is 10.1 Å². The van der Waals surface area contributed by atoms with Crippen LogP contribution in [-0.4, -0.2) is 19.3 Å². The maximum atomic E-state index is 10.7. The van der Waals surface area contributed by atoms with Crippen LogP contribution in [0, 0.1) is 10.1 Å². The molecule has 0 unspecified atom stereocenters. The van der Waals surface area contributed by atoms with Crippen LogP contribution < -0.4 is 0 Å². The lowest BCUT2D eigenvalue weighted by Gasteiger charge is -2.19. The minimum absolute atomic E-state index is 0.106. The first-order valence-corrected chi connectivity index (χ1v) is 9.54. The van der Waals surface area contributed by atoms with E-state index < -0.39 is 8.32 Å². The minimum atomic E-state index is -1.86. The van der Waals surface area contributed by atoms with Gasteiger partial charge in [-0.2, -0.15) is 0 Å². The van der Waals surface area contributed by atoms with Gasteiger partial charge in [0.25, 0.3) is 5.69 Å². The second-order valence-corrected chi connectivity index (χ2v) is 9.40. The van der Waals surface area contributed by atoms with Crippen LogP contribution in [0.5, 0.6) is 0 Å². The van der Waals surface area contributed by atoms with Crippen molar-refractivity contribution in [2.45, 2.75) is 32.5 Å². The fraction of sp³-hybridized carbons (Fsp3) is 0.333. The summed E-state index contributed by atoms with van der Waals surface area (Å²) >= 11 is 0. The van der Waals surface area contributed by atoms with E-state index in [-0.39, 0.29) is 16.7 Å². The van der Waals surface area contributed by atoms with Crippen LogP contribution >= 0.6 is 0 Å². The number of rotatable bonds is 3. The Morgan fingerprint density at radius 1 is 1.45 bits per heavy atom. The van der Waals surface area contributed by atoms with Crippen LogP contribution in [-0.2, 0) is 4.43 Å². The smallest absolute Gasteiger partial charge is 0.269 e. The van der Waals surface area contributed by atoms with Gasteiger partial charge >= 0.3 is 0 Å². The number of hydrogen-bond acceptors (Lipinski definition) is 3. The molecule has 106 valence electrons. The number of allylic oxidation sites excluding steroid dienone is 2. The molecule has 0 aliphatic carbocycles. The highest BCUT2D eigenvalue weighted by molar-refractivity contribution is 6.80. The summed E-state index contributed by atoms with van der Waals surface area (Å²) < 4.78 is 6.05. The van der Waals surface area contributed by atoms with Crippen molar-refractivity contribution in [1.29, 1.82) is 0 Å². The maximum absolute atomic E-state index is 10.7. The van der Waals surface area contributed by atoms with E-state index in [9.17, 15) is 10.1 Å². The lowest BCUT2D eigenvalue weighted by molar-refractivity contribution is -0.384. The molecule has 0 amide bonds. The molecule has 1 aliphatic heterocycles. The van der Waals surface area contributed by atoms with Crippen LogP contribution in [0.2, 0.25) is 13.1 Å². The monoisotopic (exact) mass is 289 g/mol. The average Bonchev–Trinajstić information content (AvgIpc) is 2.64. The molecule has 5 heteroatoms. The average molecular weight is 289 g/mol. The molecule has 0 N–H and O–H groups in total. The topological polar surface area (TPSA) is 52.4 Å². The summed E-state index contributed by atoms with van der Waals surface area (Å²) in [4.78, 5) is 10.3. The molecule has 2 rings (SSSR count). The van der Waals surface area contributed by atoms with Gasteiger partial charge in [-0.05, 0) is 54.9 Å². The van der Waals surface area contributed by atoms with Gasteiger partial charge in [0.15, 0.2) is 0 Å². The van der Waals surface area contributed by atoms with Crippen LogP contribution in [0.15, 0.2) is 42.1 Å². The van der Waals surface area contributed by atoms with Crippen LogP contribution in [0.1, 0.15) is 18.9 Å².